The van der Waals surface area contributed by atoms with Gasteiger partial charge in [-0.15, -0.1) is 0 Å². The molecule has 0 N–H and O–H groups in total. The molecule has 7 heteroatoms. The monoisotopic (exact) mass is 407 g/mol. The first-order chi connectivity index (χ1) is 14.4. The van der Waals surface area contributed by atoms with Crippen LogP contribution in [0.1, 0.15) is 33.6 Å². The largest absolute Gasteiger partial charge is 0.383 e. The van der Waals surface area contributed by atoms with Gasteiger partial charge in [0, 0.05) is 62.6 Å². The van der Waals surface area contributed by atoms with Crippen molar-refractivity contribution in [1.29, 1.82) is 0 Å². The highest BCUT2D eigenvalue weighted by molar-refractivity contribution is 6.05. The summed E-state index contributed by atoms with van der Waals surface area (Å²) in [6.07, 6.45) is 4.27. The van der Waals surface area contributed by atoms with Crippen molar-refractivity contribution in [3.05, 3.63) is 82.0 Å². The van der Waals surface area contributed by atoms with Crippen LogP contribution in [0.2, 0.25) is 0 Å². The lowest BCUT2D eigenvalue weighted by molar-refractivity contribution is -0.384. The lowest BCUT2D eigenvalue weighted by Gasteiger charge is -2.32. The number of carbonyl (C=O) groups excluding carboxylic acids is 2. The summed E-state index contributed by atoms with van der Waals surface area (Å²) in [5.74, 6) is -0.247. The minimum atomic E-state index is -0.455. The second-order valence-corrected chi connectivity index (χ2v) is 7.60. The zero-order chi connectivity index (χ0) is 21.7. The summed E-state index contributed by atoms with van der Waals surface area (Å²) in [4.78, 5) is 39.8. The Morgan fingerprint density at radius 2 is 1.73 bits per heavy atom. The Morgan fingerprint density at radius 3 is 2.33 bits per heavy atom. The third-order valence-corrected chi connectivity index (χ3v) is 5.25. The SMILES string of the molecule is CN(C)C=CC(=O)c1ccc(N2CCC(C(=O)c3ccccc3)CC2)c([N+](=O)[O-])c1. The second kappa shape index (κ2) is 9.35. The number of anilines is 1. The van der Waals surface area contributed by atoms with E-state index in [2.05, 4.69) is 0 Å². The molecule has 0 radical (unpaired) electrons. The summed E-state index contributed by atoms with van der Waals surface area (Å²) in [6.45, 7) is 1.11. The quantitative estimate of drug-likeness (QED) is 0.299. The van der Waals surface area contributed by atoms with Crippen molar-refractivity contribution in [2.24, 2.45) is 5.92 Å². The van der Waals surface area contributed by atoms with Gasteiger partial charge in [-0.25, -0.2) is 0 Å². The summed E-state index contributed by atoms with van der Waals surface area (Å²) in [7, 11) is 3.59. The number of ketones is 2. The van der Waals surface area contributed by atoms with Gasteiger partial charge in [-0.2, -0.15) is 0 Å². The van der Waals surface area contributed by atoms with Crippen LogP contribution in [0.5, 0.6) is 0 Å². The Kier molecular flexibility index (Phi) is 6.61. The Hall–Kier alpha value is -3.48. The number of nitro groups is 1. The summed E-state index contributed by atoms with van der Waals surface area (Å²) in [6, 6.07) is 13.8. The molecular weight excluding hydrogens is 382 g/mol. The highest BCUT2D eigenvalue weighted by Gasteiger charge is 2.29. The number of nitrogens with zero attached hydrogens (tertiary/aromatic N) is 3. The van der Waals surface area contributed by atoms with Crippen molar-refractivity contribution < 1.29 is 14.5 Å². The molecule has 0 saturated carbocycles. The standard InChI is InChI=1S/C23H25N3O4/c1-24(2)13-12-22(27)19-8-9-20(21(16-19)26(29)30)25-14-10-18(11-15-25)23(28)17-6-4-3-5-7-17/h3-9,12-13,16,18H,10-11,14-15H2,1-2H3. The molecule has 0 bridgehead atoms. The van der Waals surface area contributed by atoms with Gasteiger partial charge in [0.2, 0.25) is 0 Å². The summed E-state index contributed by atoms with van der Waals surface area (Å²) < 4.78 is 0. The maximum absolute atomic E-state index is 12.7. The molecule has 30 heavy (non-hydrogen) atoms. The number of nitro benzene ring substituents is 1. The smallest absolute Gasteiger partial charge is 0.293 e. The van der Waals surface area contributed by atoms with Crippen molar-refractivity contribution in [2.75, 3.05) is 32.1 Å². The first kappa shape index (κ1) is 21.2. The lowest BCUT2D eigenvalue weighted by Crippen LogP contribution is -2.36. The molecule has 0 atom stereocenters. The molecule has 1 heterocycles. The molecule has 1 fully saturated rings. The Balaban J connectivity index is 1.74. The van der Waals surface area contributed by atoms with E-state index in [0.29, 0.717) is 37.2 Å². The molecule has 3 rings (SSSR count). The second-order valence-electron chi connectivity index (χ2n) is 7.60. The molecule has 2 aromatic rings. The van der Waals surface area contributed by atoms with E-state index < -0.39 is 4.92 Å². The van der Waals surface area contributed by atoms with Crippen molar-refractivity contribution in [3.63, 3.8) is 0 Å². The maximum Gasteiger partial charge on any atom is 0.293 e. The topological polar surface area (TPSA) is 83.8 Å². The van der Waals surface area contributed by atoms with Gasteiger partial charge in [0.05, 0.1) is 4.92 Å². The summed E-state index contributed by atoms with van der Waals surface area (Å²) in [5, 5.41) is 11.7. The van der Waals surface area contributed by atoms with Crippen LogP contribution >= 0.6 is 0 Å². The number of piperidine rings is 1. The number of carbonyl (C=O) groups is 2. The first-order valence-corrected chi connectivity index (χ1v) is 9.88. The van der Waals surface area contributed by atoms with E-state index in [1.54, 1.807) is 37.3 Å². The fourth-order valence-corrected chi connectivity index (χ4v) is 3.62. The van der Waals surface area contributed by atoms with Crippen LogP contribution in [0, 0.1) is 16.0 Å². The molecule has 1 saturated heterocycles. The Bertz CT molecular complexity index is 962. The highest BCUT2D eigenvalue weighted by atomic mass is 16.6. The third-order valence-electron chi connectivity index (χ3n) is 5.25. The number of allylic oxidation sites excluding steroid dienone is 1. The molecule has 0 aliphatic carbocycles. The lowest BCUT2D eigenvalue weighted by atomic mass is 9.88. The van der Waals surface area contributed by atoms with E-state index in [-0.39, 0.29) is 28.7 Å². The van der Waals surface area contributed by atoms with Crippen molar-refractivity contribution in [3.8, 4) is 0 Å². The normalized spacial score (nSPS) is 14.7. The van der Waals surface area contributed by atoms with E-state index in [1.165, 1.54) is 12.1 Å². The molecule has 0 unspecified atom stereocenters. The van der Waals surface area contributed by atoms with Crippen LogP contribution in [-0.4, -0.2) is 48.6 Å². The van der Waals surface area contributed by atoms with E-state index in [9.17, 15) is 19.7 Å². The van der Waals surface area contributed by atoms with Gasteiger partial charge < -0.3 is 9.80 Å². The number of hydrogen-bond acceptors (Lipinski definition) is 6. The van der Waals surface area contributed by atoms with Crippen LogP contribution in [-0.2, 0) is 0 Å². The fraction of sp³-hybridized carbons (Fsp3) is 0.304. The van der Waals surface area contributed by atoms with Gasteiger partial charge in [0.25, 0.3) is 5.69 Å². The number of benzene rings is 2. The van der Waals surface area contributed by atoms with Gasteiger partial charge >= 0.3 is 0 Å². The molecule has 1 aliphatic rings. The van der Waals surface area contributed by atoms with Gasteiger partial charge in [0.1, 0.15) is 5.69 Å². The number of Topliss-reactive ketones (excluding diaryl/α,β-unsaturated/α-hetero) is 1. The minimum absolute atomic E-state index is 0.0836. The Labute approximate surface area is 175 Å². The molecule has 2 aromatic carbocycles. The fourth-order valence-electron chi connectivity index (χ4n) is 3.62. The molecular formula is C23H25N3O4. The first-order valence-electron chi connectivity index (χ1n) is 9.88. The molecule has 0 amide bonds. The van der Waals surface area contributed by atoms with Crippen molar-refractivity contribution >= 4 is 22.9 Å². The maximum atomic E-state index is 12.7. The predicted molar refractivity (Wildman–Crippen MR) is 116 cm³/mol. The van der Waals surface area contributed by atoms with Gasteiger partial charge in [-0.05, 0) is 25.0 Å². The number of rotatable bonds is 7. The van der Waals surface area contributed by atoms with E-state index in [0.717, 1.165) is 0 Å². The van der Waals surface area contributed by atoms with Gasteiger partial charge in [-0.1, -0.05) is 30.3 Å². The van der Waals surface area contributed by atoms with E-state index in [4.69, 9.17) is 0 Å². The number of hydrogen-bond donors (Lipinski definition) is 0. The van der Waals surface area contributed by atoms with Crippen LogP contribution in [0.15, 0.2) is 60.8 Å². The molecule has 156 valence electrons. The van der Waals surface area contributed by atoms with E-state index >= 15 is 0 Å². The average Bonchev–Trinajstić information content (AvgIpc) is 2.77. The van der Waals surface area contributed by atoms with Crippen LogP contribution < -0.4 is 4.90 Å². The van der Waals surface area contributed by atoms with Gasteiger partial charge in [0.15, 0.2) is 11.6 Å². The summed E-state index contributed by atoms with van der Waals surface area (Å²) >= 11 is 0. The van der Waals surface area contributed by atoms with Crippen LogP contribution in [0.4, 0.5) is 11.4 Å². The van der Waals surface area contributed by atoms with Crippen LogP contribution in [0.25, 0.3) is 0 Å². The Morgan fingerprint density at radius 1 is 1.07 bits per heavy atom. The van der Waals surface area contributed by atoms with Crippen molar-refractivity contribution in [1.82, 2.24) is 4.90 Å². The van der Waals surface area contributed by atoms with Gasteiger partial charge in [-0.3, -0.25) is 19.7 Å². The molecule has 0 spiro atoms. The van der Waals surface area contributed by atoms with Crippen molar-refractivity contribution in [2.45, 2.75) is 12.8 Å². The average molecular weight is 407 g/mol. The molecule has 0 aromatic heterocycles. The zero-order valence-corrected chi connectivity index (χ0v) is 17.2. The molecule has 1 aliphatic heterocycles. The van der Waals surface area contributed by atoms with E-state index in [1.807, 2.05) is 35.2 Å². The zero-order valence-electron chi connectivity index (χ0n) is 17.2. The predicted octanol–water partition coefficient (Wildman–Crippen LogP) is 3.95. The minimum Gasteiger partial charge on any atom is -0.383 e. The highest BCUT2D eigenvalue weighted by Crippen LogP contribution is 2.33. The third kappa shape index (κ3) is 4.92. The van der Waals surface area contributed by atoms with Crippen LogP contribution in [0.3, 0.4) is 0 Å². The summed E-state index contributed by atoms with van der Waals surface area (Å²) in [5.41, 5.74) is 1.37. The molecule has 7 nitrogen and oxygen atoms in total.